The largest absolute Gasteiger partial charge is 0.494 e. The van der Waals surface area contributed by atoms with Crippen LogP contribution in [0.1, 0.15) is 61.5 Å². The molecule has 1 aliphatic carbocycles. The Kier molecular flexibility index (Phi) is 6.44. The molecule has 1 heterocycles. The fourth-order valence-electron chi connectivity index (χ4n) is 3.75. The molecular formula is C20H24Cl2N2O3. The number of halogens is 2. The lowest BCUT2D eigenvalue weighted by atomic mass is 9.96. The SMILES string of the molecule is CCCCCn1c(O)c(C(=O)C2C(C=C(Cl)Cl)C2(C)C)c(C)c(C#N)c1=O. The highest BCUT2D eigenvalue weighted by molar-refractivity contribution is 6.55. The molecule has 0 saturated heterocycles. The Hall–Kier alpha value is -1.77. The third-order valence-corrected chi connectivity index (χ3v) is 5.78. The van der Waals surface area contributed by atoms with Crippen LogP contribution in [-0.2, 0) is 6.54 Å². The molecule has 5 nitrogen and oxygen atoms in total. The average Bonchev–Trinajstić information content (AvgIpc) is 3.10. The Morgan fingerprint density at radius 2 is 2.00 bits per heavy atom. The molecule has 0 radical (unpaired) electrons. The number of nitriles is 1. The molecule has 0 amide bonds. The number of hydrogen-bond acceptors (Lipinski definition) is 4. The van der Waals surface area contributed by atoms with Crippen LogP contribution in [0.3, 0.4) is 0 Å². The van der Waals surface area contributed by atoms with Crippen molar-refractivity contribution in [2.24, 2.45) is 17.3 Å². The van der Waals surface area contributed by atoms with Crippen LogP contribution in [0.25, 0.3) is 0 Å². The van der Waals surface area contributed by atoms with Gasteiger partial charge >= 0.3 is 0 Å². The van der Waals surface area contributed by atoms with E-state index in [0.29, 0.717) is 6.42 Å². The quantitative estimate of drug-likeness (QED) is 0.521. The zero-order valence-corrected chi connectivity index (χ0v) is 17.5. The molecule has 0 aromatic carbocycles. The summed E-state index contributed by atoms with van der Waals surface area (Å²) < 4.78 is 1.23. The van der Waals surface area contributed by atoms with Gasteiger partial charge in [0, 0.05) is 12.5 Å². The summed E-state index contributed by atoms with van der Waals surface area (Å²) in [4.78, 5) is 25.8. The second-order valence-corrected chi connectivity index (χ2v) is 8.63. The summed E-state index contributed by atoms with van der Waals surface area (Å²) in [5.74, 6) is -1.26. The van der Waals surface area contributed by atoms with Crippen LogP contribution in [-0.4, -0.2) is 15.5 Å². The molecule has 7 heteroatoms. The first-order chi connectivity index (χ1) is 12.6. The third kappa shape index (κ3) is 3.93. The monoisotopic (exact) mass is 410 g/mol. The van der Waals surface area contributed by atoms with Gasteiger partial charge in [0.25, 0.3) is 5.56 Å². The highest BCUT2D eigenvalue weighted by atomic mass is 35.5. The highest BCUT2D eigenvalue weighted by Crippen LogP contribution is 2.61. The standard InChI is InChI=1S/C20H24Cl2N2O3/c1-5-6-7-8-24-18(26)12(10-23)11(2)15(19(24)27)17(25)16-13(9-14(21)22)20(16,3)4/h9,13,16,27H,5-8H2,1-4H3. The van der Waals surface area contributed by atoms with Crippen LogP contribution in [0, 0.1) is 35.5 Å². The van der Waals surface area contributed by atoms with Gasteiger partial charge in [0.05, 0.1) is 5.56 Å². The van der Waals surface area contributed by atoms with Crippen molar-refractivity contribution in [3.05, 3.63) is 37.6 Å². The molecule has 1 aliphatic rings. The fraction of sp³-hybridized carbons (Fsp3) is 0.550. The normalized spacial score (nSPS) is 20.0. The van der Waals surface area contributed by atoms with E-state index in [4.69, 9.17) is 23.2 Å². The van der Waals surface area contributed by atoms with Gasteiger partial charge in [-0.25, -0.2) is 0 Å². The number of hydrogen-bond donors (Lipinski definition) is 1. The summed E-state index contributed by atoms with van der Waals surface area (Å²) in [5, 5.41) is 20.1. The first-order valence-electron chi connectivity index (χ1n) is 9.03. The topological polar surface area (TPSA) is 83.1 Å². The highest BCUT2D eigenvalue weighted by Gasteiger charge is 2.61. The van der Waals surface area contributed by atoms with Crippen LogP contribution in [0.15, 0.2) is 15.4 Å². The Morgan fingerprint density at radius 3 is 2.52 bits per heavy atom. The van der Waals surface area contributed by atoms with Gasteiger partial charge in [0.15, 0.2) is 5.78 Å². The minimum absolute atomic E-state index is 0.0438. The van der Waals surface area contributed by atoms with Crippen LogP contribution in [0.4, 0.5) is 0 Å². The number of pyridine rings is 1. The fourth-order valence-corrected chi connectivity index (χ4v) is 4.03. The van der Waals surface area contributed by atoms with E-state index in [1.165, 1.54) is 6.92 Å². The molecule has 2 atom stereocenters. The Balaban J connectivity index is 2.55. The summed E-state index contributed by atoms with van der Waals surface area (Å²) in [6.45, 7) is 7.65. The maximum Gasteiger partial charge on any atom is 0.271 e. The molecule has 1 saturated carbocycles. The van der Waals surface area contributed by atoms with Crippen molar-refractivity contribution in [2.45, 2.75) is 53.5 Å². The minimum Gasteiger partial charge on any atom is -0.494 e. The molecule has 1 N–H and O–H groups in total. The Bertz CT molecular complexity index is 890. The molecule has 0 aliphatic heterocycles. The van der Waals surface area contributed by atoms with E-state index in [1.807, 2.05) is 26.8 Å². The van der Waals surface area contributed by atoms with E-state index in [2.05, 4.69) is 0 Å². The summed E-state index contributed by atoms with van der Waals surface area (Å²) >= 11 is 11.5. The second-order valence-electron chi connectivity index (χ2n) is 7.62. The number of rotatable bonds is 7. The smallest absolute Gasteiger partial charge is 0.271 e. The molecule has 0 spiro atoms. The summed E-state index contributed by atoms with van der Waals surface area (Å²) in [5.41, 5.74) is -0.772. The molecule has 146 valence electrons. The molecule has 1 aromatic rings. The number of unbranched alkanes of at least 4 members (excludes halogenated alkanes) is 2. The number of nitrogens with zero attached hydrogens (tertiary/aromatic N) is 2. The van der Waals surface area contributed by atoms with Crippen molar-refractivity contribution < 1.29 is 9.90 Å². The lowest BCUT2D eigenvalue weighted by molar-refractivity contribution is 0.0946. The van der Waals surface area contributed by atoms with Crippen LogP contribution in [0.5, 0.6) is 5.88 Å². The number of aromatic hydroxyl groups is 1. The summed E-state index contributed by atoms with van der Waals surface area (Å²) in [6.07, 6.45) is 4.12. The number of carbonyl (C=O) groups is 1. The maximum absolute atomic E-state index is 13.2. The molecular weight excluding hydrogens is 387 g/mol. The van der Waals surface area contributed by atoms with Gasteiger partial charge in [-0.1, -0.05) is 56.8 Å². The van der Waals surface area contributed by atoms with Gasteiger partial charge in [-0.15, -0.1) is 0 Å². The van der Waals surface area contributed by atoms with Crippen LogP contribution in [0.2, 0.25) is 0 Å². The van der Waals surface area contributed by atoms with Gasteiger partial charge < -0.3 is 5.11 Å². The summed E-state index contributed by atoms with van der Waals surface area (Å²) in [6, 6.07) is 1.89. The van der Waals surface area contributed by atoms with E-state index < -0.39 is 11.5 Å². The van der Waals surface area contributed by atoms with Crippen molar-refractivity contribution >= 4 is 29.0 Å². The van der Waals surface area contributed by atoms with Gasteiger partial charge in [-0.2, -0.15) is 5.26 Å². The number of ketones is 1. The van der Waals surface area contributed by atoms with Gasteiger partial charge in [0.2, 0.25) is 5.88 Å². The zero-order valence-electron chi connectivity index (χ0n) is 16.0. The van der Waals surface area contributed by atoms with Crippen molar-refractivity contribution in [1.82, 2.24) is 4.57 Å². The van der Waals surface area contributed by atoms with Gasteiger partial charge in [-0.05, 0) is 36.3 Å². The predicted molar refractivity (Wildman–Crippen MR) is 106 cm³/mol. The van der Waals surface area contributed by atoms with Gasteiger partial charge in [-0.3, -0.25) is 14.2 Å². The summed E-state index contributed by atoms with van der Waals surface area (Å²) in [7, 11) is 0. The van der Waals surface area contributed by atoms with Crippen LogP contribution >= 0.6 is 23.2 Å². The first-order valence-corrected chi connectivity index (χ1v) is 9.78. The second kappa shape index (κ2) is 8.08. The van der Waals surface area contributed by atoms with E-state index in [1.54, 1.807) is 6.08 Å². The van der Waals surface area contributed by atoms with Crippen molar-refractivity contribution in [3.63, 3.8) is 0 Å². The molecule has 1 aromatic heterocycles. The lowest BCUT2D eigenvalue weighted by Crippen LogP contribution is -2.27. The number of allylic oxidation sites excluding steroid dienone is 1. The maximum atomic E-state index is 13.2. The van der Waals surface area contributed by atoms with Crippen molar-refractivity contribution in [3.8, 4) is 11.9 Å². The molecule has 27 heavy (non-hydrogen) atoms. The Labute approximate surface area is 169 Å². The number of Topliss-reactive ketones (excluding diaryl/α,β-unsaturated/α-hetero) is 1. The van der Waals surface area contributed by atoms with E-state index >= 15 is 0 Å². The van der Waals surface area contributed by atoms with E-state index in [9.17, 15) is 20.0 Å². The van der Waals surface area contributed by atoms with Crippen LogP contribution < -0.4 is 5.56 Å². The molecule has 1 fully saturated rings. The zero-order chi connectivity index (χ0) is 20.5. The molecule has 2 rings (SSSR count). The minimum atomic E-state index is -0.560. The number of aromatic nitrogens is 1. The number of carbonyl (C=O) groups excluding carboxylic acids is 1. The van der Waals surface area contributed by atoms with Crippen molar-refractivity contribution in [2.75, 3.05) is 0 Å². The molecule has 2 unspecified atom stereocenters. The third-order valence-electron chi connectivity index (χ3n) is 5.53. The average molecular weight is 411 g/mol. The van der Waals surface area contributed by atoms with E-state index in [0.717, 1.165) is 17.4 Å². The first kappa shape index (κ1) is 21.5. The Morgan fingerprint density at radius 1 is 1.37 bits per heavy atom. The molecule has 0 bridgehead atoms. The van der Waals surface area contributed by atoms with E-state index in [-0.39, 0.29) is 50.7 Å². The predicted octanol–water partition coefficient (Wildman–Crippen LogP) is 4.70. The lowest BCUT2D eigenvalue weighted by Gasteiger charge is -2.16. The van der Waals surface area contributed by atoms with Gasteiger partial charge in [0.1, 0.15) is 16.1 Å². The van der Waals surface area contributed by atoms with Crippen molar-refractivity contribution in [1.29, 1.82) is 5.26 Å².